The minimum absolute atomic E-state index is 0.198. The molecule has 4 aliphatic rings. The van der Waals surface area contributed by atoms with E-state index < -0.39 is 5.97 Å². The number of fused-ring (bicyclic) bond motifs is 4. The Balaban J connectivity index is 1.12. The van der Waals surface area contributed by atoms with Crippen molar-refractivity contribution in [2.24, 2.45) is 11.8 Å². The van der Waals surface area contributed by atoms with Crippen LogP contribution >= 0.6 is 0 Å². The molecule has 0 amide bonds. The van der Waals surface area contributed by atoms with Crippen molar-refractivity contribution in [1.82, 2.24) is 0 Å². The number of allylic oxidation sites excluding steroid dienone is 4. The molecule has 2 aliphatic carbocycles. The van der Waals surface area contributed by atoms with Gasteiger partial charge in [-0.1, -0.05) is 78.9 Å². The van der Waals surface area contributed by atoms with Gasteiger partial charge in [-0.15, -0.1) is 0 Å². The molecule has 4 atom stereocenters. The molecular weight excluding hydrogens is 458 g/mol. The Morgan fingerprint density at radius 3 is 1.97 bits per heavy atom. The third kappa shape index (κ3) is 3.83. The maximum absolute atomic E-state index is 13.2. The van der Waals surface area contributed by atoms with E-state index in [1.807, 2.05) is 54.6 Å². The predicted molar refractivity (Wildman–Crippen MR) is 145 cm³/mol. The summed E-state index contributed by atoms with van der Waals surface area (Å²) in [4.78, 5) is 28.6. The Labute approximate surface area is 217 Å². The number of rotatable bonds is 5. The van der Waals surface area contributed by atoms with Crippen molar-refractivity contribution < 1.29 is 14.3 Å². The van der Waals surface area contributed by atoms with Gasteiger partial charge in [-0.25, -0.2) is 4.79 Å². The fourth-order valence-corrected chi connectivity index (χ4v) is 6.77. The molecule has 0 bridgehead atoms. The number of carbonyl (C=O) groups excluding carboxylic acids is 2. The van der Waals surface area contributed by atoms with Gasteiger partial charge in [0.1, 0.15) is 0 Å². The summed E-state index contributed by atoms with van der Waals surface area (Å²) in [6.07, 6.45) is 11.4. The van der Waals surface area contributed by atoms with E-state index in [4.69, 9.17) is 4.74 Å². The Hall–Kier alpha value is -3.92. The second kappa shape index (κ2) is 8.88. The highest BCUT2D eigenvalue weighted by atomic mass is 16.5. The molecule has 2 heterocycles. The molecular formula is C33H29NO3. The molecule has 0 spiro atoms. The lowest BCUT2D eigenvalue weighted by molar-refractivity contribution is 0.0474. The molecule has 3 aromatic carbocycles. The second-order valence-corrected chi connectivity index (χ2v) is 10.8. The molecule has 0 aromatic heterocycles. The monoisotopic (exact) mass is 487 g/mol. The summed E-state index contributed by atoms with van der Waals surface area (Å²) in [6.45, 7) is 1.91. The van der Waals surface area contributed by atoms with Crippen LogP contribution in [0, 0.1) is 11.8 Å². The fourth-order valence-electron chi connectivity index (χ4n) is 6.77. The smallest absolute Gasteiger partial charge is 0.338 e. The molecule has 0 radical (unpaired) electrons. The predicted octanol–water partition coefficient (Wildman–Crippen LogP) is 6.55. The molecule has 3 aromatic rings. The van der Waals surface area contributed by atoms with Crippen LogP contribution in [0.1, 0.15) is 56.5 Å². The number of ketones is 1. The number of Topliss-reactive ketones (excluding diaryl/α,β-unsaturated/α-hetero) is 1. The van der Waals surface area contributed by atoms with Gasteiger partial charge in [0.2, 0.25) is 0 Å². The highest BCUT2D eigenvalue weighted by Crippen LogP contribution is 2.53. The summed E-state index contributed by atoms with van der Waals surface area (Å²) >= 11 is 0. The van der Waals surface area contributed by atoms with Gasteiger partial charge in [0.15, 0.2) is 12.4 Å². The van der Waals surface area contributed by atoms with E-state index in [1.54, 1.807) is 12.1 Å². The average molecular weight is 488 g/mol. The molecule has 0 N–H and O–H groups in total. The number of esters is 1. The van der Waals surface area contributed by atoms with Crippen LogP contribution in [-0.2, 0) is 4.74 Å². The topological polar surface area (TPSA) is 46.6 Å². The van der Waals surface area contributed by atoms with Crippen molar-refractivity contribution >= 4 is 17.4 Å². The van der Waals surface area contributed by atoms with E-state index >= 15 is 0 Å². The van der Waals surface area contributed by atoms with Crippen molar-refractivity contribution in [1.29, 1.82) is 0 Å². The lowest BCUT2D eigenvalue weighted by Gasteiger charge is -2.46. The number of ether oxygens (including phenoxy) is 1. The zero-order valence-corrected chi connectivity index (χ0v) is 20.7. The second-order valence-electron chi connectivity index (χ2n) is 10.8. The summed E-state index contributed by atoms with van der Waals surface area (Å²) in [5.41, 5.74) is 7.06. The largest absolute Gasteiger partial charge is 0.454 e. The summed E-state index contributed by atoms with van der Waals surface area (Å²) in [6, 6.07) is 21.6. The molecule has 0 unspecified atom stereocenters. The SMILES string of the molecule is O=C(COC(=O)c1cc2c3c(c1)[C@@H]1C=CC[C@@H]1CN3C[C@H]1CC=C[C@H]21)c1ccc(-c2ccccc2)cc1. The highest BCUT2D eigenvalue weighted by Gasteiger charge is 2.42. The van der Waals surface area contributed by atoms with E-state index in [9.17, 15) is 9.59 Å². The van der Waals surface area contributed by atoms with Crippen molar-refractivity contribution in [3.05, 3.63) is 113 Å². The van der Waals surface area contributed by atoms with Gasteiger partial charge < -0.3 is 9.64 Å². The number of carbonyl (C=O) groups is 2. The van der Waals surface area contributed by atoms with Crippen LogP contribution in [0.4, 0.5) is 5.69 Å². The number of anilines is 1. The third-order valence-electron chi connectivity index (χ3n) is 8.58. The lowest BCUT2D eigenvalue weighted by atomic mass is 9.74. The van der Waals surface area contributed by atoms with Crippen LogP contribution in [0.2, 0.25) is 0 Å². The summed E-state index contributed by atoms with van der Waals surface area (Å²) in [5, 5.41) is 0. The maximum atomic E-state index is 13.2. The van der Waals surface area contributed by atoms with Crippen LogP contribution in [0.5, 0.6) is 0 Å². The minimum Gasteiger partial charge on any atom is -0.454 e. The van der Waals surface area contributed by atoms with E-state index in [0.717, 1.165) is 37.1 Å². The van der Waals surface area contributed by atoms with Gasteiger partial charge in [-0.05, 0) is 59.1 Å². The first kappa shape index (κ1) is 22.3. The molecule has 2 aliphatic heterocycles. The average Bonchev–Trinajstić information content (AvgIpc) is 3.62. The molecule has 0 saturated carbocycles. The van der Waals surface area contributed by atoms with Gasteiger partial charge in [0, 0.05) is 36.2 Å². The van der Waals surface area contributed by atoms with E-state index in [-0.39, 0.29) is 12.4 Å². The van der Waals surface area contributed by atoms with Crippen LogP contribution < -0.4 is 4.90 Å². The number of hydrogen-bond donors (Lipinski definition) is 0. The standard InChI is InChI=1S/C33H29NO3/c35-31(23-14-12-22(13-15-23)21-6-2-1-3-7-21)20-37-33(36)26-16-29-27-10-4-8-24(27)18-34-19-25-9-5-11-28(25)30(17-26)32(29)34/h1-7,10-17,24-25,27-28H,8-9,18-20H2/t24-,25-,27-,28+/m1/s1. The van der Waals surface area contributed by atoms with Crippen molar-refractivity contribution in [2.75, 3.05) is 24.6 Å². The molecule has 184 valence electrons. The zero-order chi connectivity index (χ0) is 24.9. The molecule has 4 nitrogen and oxygen atoms in total. The van der Waals surface area contributed by atoms with Gasteiger partial charge in [0.05, 0.1) is 5.56 Å². The molecule has 0 saturated heterocycles. The first-order chi connectivity index (χ1) is 18.2. The first-order valence-corrected chi connectivity index (χ1v) is 13.3. The molecule has 4 heteroatoms. The van der Waals surface area contributed by atoms with Crippen molar-refractivity contribution in [3.63, 3.8) is 0 Å². The van der Waals surface area contributed by atoms with Crippen molar-refractivity contribution in [2.45, 2.75) is 24.7 Å². The van der Waals surface area contributed by atoms with Crippen LogP contribution in [0.25, 0.3) is 11.1 Å². The fraction of sp³-hybridized carbons (Fsp3) is 0.273. The van der Waals surface area contributed by atoms with Crippen molar-refractivity contribution in [3.8, 4) is 11.1 Å². The first-order valence-electron chi connectivity index (χ1n) is 13.3. The van der Waals surface area contributed by atoms with Gasteiger partial charge >= 0.3 is 5.97 Å². The highest BCUT2D eigenvalue weighted by molar-refractivity contribution is 6.00. The Bertz CT molecular complexity index is 1390. The van der Waals surface area contributed by atoms with Gasteiger partial charge in [0.25, 0.3) is 0 Å². The quantitative estimate of drug-likeness (QED) is 0.233. The Morgan fingerprint density at radius 1 is 0.757 bits per heavy atom. The van der Waals surface area contributed by atoms with Crippen LogP contribution in [0.15, 0.2) is 91.0 Å². The van der Waals surface area contributed by atoms with E-state index in [2.05, 4.69) is 29.2 Å². The zero-order valence-electron chi connectivity index (χ0n) is 20.7. The van der Waals surface area contributed by atoms with E-state index in [1.165, 1.54) is 16.8 Å². The maximum Gasteiger partial charge on any atom is 0.338 e. The Kier molecular flexibility index (Phi) is 5.35. The van der Waals surface area contributed by atoms with Gasteiger partial charge in [-0.3, -0.25) is 4.79 Å². The number of nitrogens with zero attached hydrogens (tertiary/aromatic N) is 1. The normalized spacial score (nSPS) is 24.4. The number of hydrogen-bond acceptors (Lipinski definition) is 4. The molecule has 7 rings (SSSR count). The van der Waals surface area contributed by atoms with Crippen LogP contribution in [-0.4, -0.2) is 31.4 Å². The van der Waals surface area contributed by atoms with E-state index in [0.29, 0.717) is 34.8 Å². The molecule has 37 heavy (non-hydrogen) atoms. The summed E-state index contributed by atoms with van der Waals surface area (Å²) in [7, 11) is 0. The number of benzene rings is 3. The van der Waals surface area contributed by atoms with Crippen LogP contribution in [0.3, 0.4) is 0 Å². The Morgan fingerprint density at radius 2 is 1.35 bits per heavy atom. The summed E-state index contributed by atoms with van der Waals surface area (Å²) in [5.74, 6) is 1.22. The summed E-state index contributed by atoms with van der Waals surface area (Å²) < 4.78 is 5.58. The molecule has 0 fully saturated rings. The minimum atomic E-state index is -0.423. The third-order valence-corrected chi connectivity index (χ3v) is 8.58. The van der Waals surface area contributed by atoms with Gasteiger partial charge in [-0.2, -0.15) is 0 Å². The lowest BCUT2D eigenvalue weighted by Crippen LogP contribution is -2.43.